The Hall–Kier alpha value is -3.19. The van der Waals surface area contributed by atoms with Gasteiger partial charge in [-0.15, -0.1) is 0 Å². The normalized spacial score (nSPS) is 19.7. The van der Waals surface area contributed by atoms with Crippen molar-refractivity contribution in [3.8, 4) is 0 Å². The number of hydrogen-bond acceptors (Lipinski definition) is 4. The number of aryl methyl sites for hydroxylation is 1. The van der Waals surface area contributed by atoms with Crippen LogP contribution in [0.3, 0.4) is 0 Å². The van der Waals surface area contributed by atoms with Gasteiger partial charge < -0.3 is 10.2 Å². The van der Waals surface area contributed by atoms with Crippen molar-refractivity contribution in [2.75, 3.05) is 11.4 Å². The number of carbonyl (C=O) groups is 3. The predicted molar refractivity (Wildman–Crippen MR) is 108 cm³/mol. The van der Waals surface area contributed by atoms with Gasteiger partial charge in [0.2, 0.25) is 5.91 Å². The zero-order chi connectivity index (χ0) is 25.2. The van der Waals surface area contributed by atoms with Crippen LogP contribution in [-0.4, -0.2) is 46.7 Å². The van der Waals surface area contributed by atoms with E-state index in [1.54, 1.807) is 24.3 Å². The number of nitrogens with zero attached hydrogens (tertiary/aromatic N) is 1. The highest BCUT2D eigenvalue weighted by molar-refractivity contribution is 6.02. The summed E-state index contributed by atoms with van der Waals surface area (Å²) in [7, 11) is 0. The fourth-order valence-corrected chi connectivity index (χ4v) is 3.38. The van der Waals surface area contributed by atoms with Gasteiger partial charge in [0.15, 0.2) is 0 Å². The summed E-state index contributed by atoms with van der Waals surface area (Å²) in [5, 5.41) is 21.8. The van der Waals surface area contributed by atoms with Gasteiger partial charge >= 0.3 is 11.9 Å². The molecule has 152 valence electrons. The van der Waals surface area contributed by atoms with Gasteiger partial charge in [-0.1, -0.05) is 48.4 Å². The Labute approximate surface area is 176 Å². The van der Waals surface area contributed by atoms with E-state index in [2.05, 4.69) is 5.32 Å². The molecule has 7 nitrogen and oxygen atoms in total. The van der Waals surface area contributed by atoms with Gasteiger partial charge in [0.05, 0.1) is 12.9 Å². The number of benzene rings is 2. The summed E-state index contributed by atoms with van der Waals surface area (Å²) < 4.78 is 39.2. The van der Waals surface area contributed by atoms with Crippen LogP contribution in [0.1, 0.15) is 30.8 Å². The molecule has 3 N–H and O–H groups in total. The molecule has 1 heterocycles. The van der Waals surface area contributed by atoms with Crippen LogP contribution in [0.15, 0.2) is 54.5 Å². The average Bonchev–Trinajstić information content (AvgIpc) is 2.92. The second-order valence-electron chi connectivity index (χ2n) is 6.74. The highest BCUT2D eigenvalue weighted by atomic mass is 16.4. The number of carboxylic acids is 2. The second kappa shape index (κ2) is 9.34. The number of fused-ring (bicyclic) bond motifs is 1. The molecule has 0 spiro atoms. The summed E-state index contributed by atoms with van der Waals surface area (Å²) in [5.74, 6) is -3.05. The Morgan fingerprint density at radius 2 is 1.93 bits per heavy atom. The van der Waals surface area contributed by atoms with Gasteiger partial charge in [-0.3, -0.25) is 24.6 Å². The van der Waals surface area contributed by atoms with E-state index < -0.39 is 66.7 Å². The second-order valence-corrected chi connectivity index (χ2v) is 6.74. The van der Waals surface area contributed by atoms with Gasteiger partial charge in [0, 0.05) is 5.69 Å². The van der Waals surface area contributed by atoms with E-state index in [-0.39, 0.29) is 24.8 Å². The lowest BCUT2D eigenvalue weighted by Crippen LogP contribution is -2.52. The van der Waals surface area contributed by atoms with Crippen LogP contribution in [0.4, 0.5) is 5.69 Å². The Bertz CT molecular complexity index is 1110. The first-order valence-electron chi connectivity index (χ1n) is 11.7. The number of para-hydroxylation sites is 1. The number of nitrogens with one attached hydrogen (secondary N) is 1. The molecule has 2 aromatic rings. The van der Waals surface area contributed by atoms with Crippen molar-refractivity contribution in [2.45, 2.75) is 37.8 Å². The minimum atomic E-state index is -1.27. The summed E-state index contributed by atoms with van der Waals surface area (Å²) in [6.07, 6.45) is 0.397. The molecule has 29 heavy (non-hydrogen) atoms. The first kappa shape index (κ1) is 14.8. The standard InChI is InChI=1S/C22H24N2O5/c25-20(26)14-24-19-9-5-4-8-16(19)11-13-17(21(24)27)23-18(22(28)29)12-10-15-6-2-1-3-7-15/h1-9,17-18,23H,10-14H2,(H,25,26)(H,28,29)/t17-,18-/m1/s1/i1D,2D,3D,6D,7D. The van der Waals surface area contributed by atoms with Gasteiger partial charge in [0.1, 0.15) is 12.6 Å². The smallest absolute Gasteiger partial charge is 0.323 e. The molecule has 7 heteroatoms. The molecule has 0 saturated carbocycles. The first-order chi connectivity index (χ1) is 16.0. The molecular weight excluding hydrogens is 372 g/mol. The molecular formula is C22H24N2O5. The molecule has 0 aliphatic carbocycles. The molecule has 2 atom stereocenters. The largest absolute Gasteiger partial charge is 0.480 e. The summed E-state index contributed by atoms with van der Waals surface area (Å²) >= 11 is 0. The minimum absolute atomic E-state index is 0.00819. The highest BCUT2D eigenvalue weighted by Gasteiger charge is 2.34. The zero-order valence-corrected chi connectivity index (χ0v) is 15.6. The molecule has 0 radical (unpaired) electrons. The Morgan fingerprint density at radius 1 is 1.21 bits per heavy atom. The Balaban J connectivity index is 1.83. The number of amides is 1. The van der Waals surface area contributed by atoms with Crippen LogP contribution >= 0.6 is 0 Å². The summed E-state index contributed by atoms with van der Waals surface area (Å²) in [6, 6.07) is 2.31. The average molecular weight is 401 g/mol. The molecule has 0 saturated heterocycles. The van der Waals surface area contributed by atoms with Crippen LogP contribution in [0.25, 0.3) is 0 Å². The molecule has 0 fully saturated rings. The van der Waals surface area contributed by atoms with Gasteiger partial charge in [-0.05, 0) is 42.9 Å². The fourth-order valence-electron chi connectivity index (χ4n) is 3.38. The van der Waals surface area contributed by atoms with Crippen molar-refractivity contribution in [1.29, 1.82) is 0 Å². The third-order valence-electron chi connectivity index (χ3n) is 4.78. The van der Waals surface area contributed by atoms with Gasteiger partial charge in [-0.2, -0.15) is 0 Å². The quantitative estimate of drug-likeness (QED) is 0.625. The molecule has 1 aliphatic rings. The van der Waals surface area contributed by atoms with Crippen molar-refractivity contribution < 1.29 is 31.5 Å². The zero-order valence-electron chi connectivity index (χ0n) is 20.6. The van der Waals surface area contributed by atoms with Crippen LogP contribution < -0.4 is 10.2 Å². The maximum Gasteiger partial charge on any atom is 0.323 e. The number of aliphatic carboxylic acids is 2. The Morgan fingerprint density at radius 3 is 2.62 bits per heavy atom. The molecule has 2 aromatic carbocycles. The van der Waals surface area contributed by atoms with E-state index in [1.165, 1.54) is 0 Å². The van der Waals surface area contributed by atoms with Gasteiger partial charge in [0.25, 0.3) is 0 Å². The van der Waals surface area contributed by atoms with E-state index >= 15 is 0 Å². The lowest BCUT2D eigenvalue weighted by atomic mass is 10.0. The minimum Gasteiger partial charge on any atom is -0.480 e. The lowest BCUT2D eigenvalue weighted by Gasteiger charge is -2.26. The monoisotopic (exact) mass is 401 g/mol. The lowest BCUT2D eigenvalue weighted by molar-refractivity contribution is -0.140. The number of rotatable bonds is 8. The molecule has 0 unspecified atom stereocenters. The van der Waals surface area contributed by atoms with Gasteiger partial charge in [-0.25, -0.2) is 0 Å². The van der Waals surface area contributed by atoms with Crippen LogP contribution in [-0.2, 0) is 27.2 Å². The maximum atomic E-state index is 13.2. The molecule has 0 aromatic heterocycles. The SMILES string of the molecule is [2H]c1c([2H])c([2H])c(CC[C@@H](N[C@@H]2CCc3ccccc3N(CC(=O)O)C2=O)C(=O)O)c([2H])c1[2H]. The molecule has 0 bridgehead atoms. The predicted octanol–water partition coefficient (Wildman–Crippen LogP) is 2.09. The van der Waals surface area contributed by atoms with Crippen LogP contribution in [0, 0.1) is 0 Å². The maximum absolute atomic E-state index is 13.2. The van der Waals surface area contributed by atoms with Crippen molar-refractivity contribution in [2.24, 2.45) is 0 Å². The Kier molecular flexibility index (Phi) is 4.75. The number of anilines is 1. The summed E-state index contributed by atoms with van der Waals surface area (Å²) in [6.45, 7) is -0.575. The van der Waals surface area contributed by atoms with E-state index in [4.69, 9.17) is 6.85 Å². The third kappa shape index (κ3) is 5.20. The molecule has 1 amide bonds. The number of carbonyl (C=O) groups excluding carboxylic acids is 1. The summed E-state index contributed by atoms with van der Waals surface area (Å²) in [5.41, 5.74) is 1.23. The van der Waals surface area contributed by atoms with E-state index in [9.17, 15) is 24.6 Å². The highest BCUT2D eigenvalue weighted by Crippen LogP contribution is 2.27. The third-order valence-corrected chi connectivity index (χ3v) is 4.78. The van der Waals surface area contributed by atoms with E-state index in [0.717, 1.165) is 10.5 Å². The van der Waals surface area contributed by atoms with Crippen molar-refractivity contribution >= 4 is 23.5 Å². The molecule has 1 aliphatic heterocycles. The van der Waals surface area contributed by atoms with Crippen molar-refractivity contribution in [1.82, 2.24) is 5.32 Å². The van der Waals surface area contributed by atoms with Crippen LogP contribution in [0.5, 0.6) is 0 Å². The van der Waals surface area contributed by atoms with E-state index in [1.807, 2.05) is 0 Å². The van der Waals surface area contributed by atoms with Crippen molar-refractivity contribution in [3.63, 3.8) is 0 Å². The van der Waals surface area contributed by atoms with Crippen LogP contribution in [0.2, 0.25) is 0 Å². The van der Waals surface area contributed by atoms with Crippen molar-refractivity contribution in [3.05, 3.63) is 65.6 Å². The first-order valence-corrected chi connectivity index (χ1v) is 9.18. The summed E-state index contributed by atoms with van der Waals surface area (Å²) in [4.78, 5) is 37.6. The number of carboxylic acid groups (broad SMARTS) is 2. The fraction of sp³-hybridized carbons (Fsp3) is 0.318. The number of hydrogen-bond donors (Lipinski definition) is 3. The topological polar surface area (TPSA) is 107 Å². The van der Waals surface area contributed by atoms with E-state index in [0.29, 0.717) is 12.1 Å². The molecule has 3 rings (SSSR count).